The smallest absolute Gasteiger partial charge is 0.227 e. The predicted octanol–water partition coefficient (Wildman–Crippen LogP) is 7.60. The van der Waals surface area contributed by atoms with Crippen LogP contribution in [0.4, 0.5) is 0 Å². The Labute approximate surface area is 183 Å². The molecule has 0 unspecified atom stereocenters. The van der Waals surface area contributed by atoms with Crippen molar-refractivity contribution >= 4 is 39.4 Å². The Hall–Kier alpha value is -3.46. The molecule has 4 aromatic rings. The lowest BCUT2D eigenvalue weighted by Gasteiger charge is -2.14. The van der Waals surface area contributed by atoms with Crippen LogP contribution in [0.5, 0.6) is 0 Å². The van der Waals surface area contributed by atoms with E-state index >= 15 is 0 Å². The number of aryl methyl sites for hydroxylation is 1. The standard InChI is InChI=1S/C28H28N2O/c1-18(2)21-11-13-22(14-12-21)23(8-6-16-29-5)20(4)26-19(3)10-15-24-25-9-7-17-30-28(25)31-27(24)26/h6-18H,1-5H3/b8-6-,23-20-,29-16?. The van der Waals surface area contributed by atoms with E-state index in [0.29, 0.717) is 11.6 Å². The van der Waals surface area contributed by atoms with Gasteiger partial charge in [-0.05, 0) is 65.8 Å². The summed E-state index contributed by atoms with van der Waals surface area (Å²) < 4.78 is 6.25. The second-order valence-corrected chi connectivity index (χ2v) is 8.17. The van der Waals surface area contributed by atoms with E-state index in [1.54, 1.807) is 13.2 Å². The summed E-state index contributed by atoms with van der Waals surface area (Å²) in [6, 6.07) is 17.2. The quantitative estimate of drug-likeness (QED) is 0.194. The summed E-state index contributed by atoms with van der Waals surface area (Å²) in [6.45, 7) is 8.74. The SMILES string of the molecule is CN=C/C=C\C(=C(/C)c1c(C)ccc2c1oc1ncccc12)c1ccc(C(C)C)cc1. The number of benzene rings is 2. The highest BCUT2D eigenvalue weighted by Gasteiger charge is 2.17. The van der Waals surface area contributed by atoms with Gasteiger partial charge in [-0.25, -0.2) is 4.98 Å². The average molecular weight is 409 g/mol. The molecule has 4 rings (SSSR count). The fraction of sp³-hybridized carbons (Fsp3) is 0.214. The number of aliphatic imine (C=N–C) groups is 1. The molecule has 3 heteroatoms. The monoisotopic (exact) mass is 408 g/mol. The van der Waals surface area contributed by atoms with E-state index < -0.39 is 0 Å². The van der Waals surface area contributed by atoms with E-state index in [2.05, 4.69) is 86.2 Å². The lowest BCUT2D eigenvalue weighted by atomic mass is 9.90. The summed E-state index contributed by atoms with van der Waals surface area (Å²) in [7, 11) is 1.78. The zero-order valence-electron chi connectivity index (χ0n) is 18.8. The number of furan rings is 1. The van der Waals surface area contributed by atoms with Crippen molar-refractivity contribution < 1.29 is 4.42 Å². The normalized spacial score (nSPS) is 13.2. The number of hydrogen-bond donors (Lipinski definition) is 0. The molecule has 0 spiro atoms. The first kappa shape index (κ1) is 20.8. The highest BCUT2D eigenvalue weighted by molar-refractivity contribution is 6.10. The molecule has 0 aliphatic heterocycles. The van der Waals surface area contributed by atoms with Gasteiger partial charge in [-0.15, -0.1) is 0 Å². The van der Waals surface area contributed by atoms with Gasteiger partial charge in [0.1, 0.15) is 5.58 Å². The Morgan fingerprint density at radius 3 is 2.52 bits per heavy atom. The molecule has 0 radical (unpaired) electrons. The van der Waals surface area contributed by atoms with Gasteiger partial charge in [-0.2, -0.15) is 0 Å². The van der Waals surface area contributed by atoms with Crippen LogP contribution < -0.4 is 0 Å². The molecule has 2 aromatic carbocycles. The van der Waals surface area contributed by atoms with Crippen LogP contribution in [0.1, 0.15) is 48.9 Å². The summed E-state index contributed by atoms with van der Waals surface area (Å²) in [4.78, 5) is 8.53. The highest BCUT2D eigenvalue weighted by atomic mass is 16.3. The largest absolute Gasteiger partial charge is 0.437 e. The lowest BCUT2D eigenvalue weighted by molar-refractivity contribution is 0.652. The van der Waals surface area contributed by atoms with Crippen LogP contribution in [0.3, 0.4) is 0 Å². The van der Waals surface area contributed by atoms with E-state index in [1.807, 2.05) is 18.4 Å². The van der Waals surface area contributed by atoms with Gasteiger partial charge >= 0.3 is 0 Å². The van der Waals surface area contributed by atoms with Crippen LogP contribution in [0.25, 0.3) is 33.2 Å². The van der Waals surface area contributed by atoms with Crippen molar-refractivity contribution in [2.24, 2.45) is 4.99 Å². The lowest BCUT2D eigenvalue weighted by Crippen LogP contribution is -1.93. The average Bonchev–Trinajstić information content (AvgIpc) is 3.15. The molecule has 3 nitrogen and oxygen atoms in total. The first-order valence-electron chi connectivity index (χ1n) is 10.7. The van der Waals surface area contributed by atoms with E-state index in [4.69, 9.17) is 4.42 Å². The minimum Gasteiger partial charge on any atom is -0.437 e. The Morgan fingerprint density at radius 2 is 1.81 bits per heavy atom. The van der Waals surface area contributed by atoms with Gasteiger partial charge < -0.3 is 4.42 Å². The van der Waals surface area contributed by atoms with Crippen molar-refractivity contribution in [3.05, 3.63) is 89.1 Å². The fourth-order valence-electron chi connectivity index (χ4n) is 4.08. The first-order chi connectivity index (χ1) is 15.0. The maximum atomic E-state index is 6.25. The molecular formula is C28H28N2O. The Morgan fingerprint density at radius 1 is 1.03 bits per heavy atom. The third-order valence-corrected chi connectivity index (χ3v) is 5.79. The molecule has 2 heterocycles. The van der Waals surface area contributed by atoms with Crippen LogP contribution in [0, 0.1) is 6.92 Å². The van der Waals surface area contributed by atoms with Gasteiger partial charge in [-0.3, -0.25) is 4.99 Å². The maximum absolute atomic E-state index is 6.25. The number of pyridine rings is 1. The molecular weight excluding hydrogens is 380 g/mol. The van der Waals surface area contributed by atoms with E-state index in [9.17, 15) is 0 Å². The molecule has 0 bridgehead atoms. The summed E-state index contributed by atoms with van der Waals surface area (Å²) in [6.07, 6.45) is 7.71. The summed E-state index contributed by atoms with van der Waals surface area (Å²) >= 11 is 0. The zero-order valence-corrected chi connectivity index (χ0v) is 18.8. The highest BCUT2D eigenvalue weighted by Crippen LogP contribution is 2.38. The Bertz CT molecular complexity index is 1320. The van der Waals surface area contributed by atoms with Crippen LogP contribution in [0.2, 0.25) is 0 Å². The molecule has 0 saturated carbocycles. The molecule has 156 valence electrons. The van der Waals surface area contributed by atoms with Gasteiger partial charge in [0.25, 0.3) is 0 Å². The molecule has 0 N–H and O–H groups in total. The fourth-order valence-corrected chi connectivity index (χ4v) is 4.08. The Kier molecular flexibility index (Phi) is 5.85. The van der Waals surface area contributed by atoms with Gasteiger partial charge in [0.2, 0.25) is 5.71 Å². The summed E-state index contributed by atoms with van der Waals surface area (Å²) in [5, 5.41) is 2.14. The first-order valence-corrected chi connectivity index (χ1v) is 10.7. The number of nitrogens with zero attached hydrogens (tertiary/aromatic N) is 2. The molecule has 0 aliphatic rings. The second-order valence-electron chi connectivity index (χ2n) is 8.17. The molecule has 0 saturated heterocycles. The minimum absolute atomic E-state index is 0.504. The molecule has 0 atom stereocenters. The van der Waals surface area contributed by atoms with E-state index in [-0.39, 0.29) is 0 Å². The van der Waals surface area contributed by atoms with Crippen molar-refractivity contribution in [1.29, 1.82) is 0 Å². The molecule has 31 heavy (non-hydrogen) atoms. The van der Waals surface area contributed by atoms with Gasteiger partial charge in [-0.1, -0.05) is 56.3 Å². The molecule has 0 aliphatic carbocycles. The number of rotatable bonds is 5. The van der Waals surface area contributed by atoms with Crippen LogP contribution >= 0.6 is 0 Å². The third kappa shape index (κ3) is 3.96. The molecule has 0 fully saturated rings. The van der Waals surface area contributed by atoms with Gasteiger partial charge in [0.15, 0.2) is 0 Å². The number of aromatic nitrogens is 1. The maximum Gasteiger partial charge on any atom is 0.227 e. The predicted molar refractivity (Wildman–Crippen MR) is 133 cm³/mol. The van der Waals surface area contributed by atoms with Crippen LogP contribution in [0.15, 0.2) is 76.3 Å². The summed E-state index contributed by atoms with van der Waals surface area (Å²) in [5.41, 5.74) is 8.69. The molecule has 2 aromatic heterocycles. The Balaban J connectivity index is 1.98. The van der Waals surface area contributed by atoms with Gasteiger partial charge in [0.05, 0.1) is 0 Å². The number of hydrogen-bond acceptors (Lipinski definition) is 3. The van der Waals surface area contributed by atoms with Crippen LogP contribution in [-0.2, 0) is 0 Å². The second kappa shape index (κ2) is 8.73. The summed E-state index contributed by atoms with van der Waals surface area (Å²) in [5.74, 6) is 0.504. The van der Waals surface area contributed by atoms with Crippen molar-refractivity contribution in [3.8, 4) is 0 Å². The van der Waals surface area contributed by atoms with Gasteiger partial charge in [0, 0.05) is 35.8 Å². The topological polar surface area (TPSA) is 38.4 Å². The van der Waals surface area contributed by atoms with Crippen molar-refractivity contribution in [2.45, 2.75) is 33.6 Å². The van der Waals surface area contributed by atoms with E-state index in [0.717, 1.165) is 27.5 Å². The number of fused-ring (bicyclic) bond motifs is 3. The van der Waals surface area contributed by atoms with E-state index in [1.165, 1.54) is 22.3 Å². The number of allylic oxidation sites excluding steroid dienone is 4. The minimum atomic E-state index is 0.504. The van der Waals surface area contributed by atoms with Crippen molar-refractivity contribution in [1.82, 2.24) is 4.98 Å². The van der Waals surface area contributed by atoms with Crippen molar-refractivity contribution in [2.75, 3.05) is 7.05 Å². The molecule has 0 amide bonds. The van der Waals surface area contributed by atoms with Crippen LogP contribution in [-0.4, -0.2) is 18.2 Å². The van der Waals surface area contributed by atoms with Crippen molar-refractivity contribution in [3.63, 3.8) is 0 Å². The zero-order chi connectivity index (χ0) is 22.0. The third-order valence-electron chi connectivity index (χ3n) is 5.79.